The lowest BCUT2D eigenvalue weighted by molar-refractivity contribution is -0.150. The Morgan fingerprint density at radius 3 is 2.47 bits per heavy atom. The third kappa shape index (κ3) is 2.38. The SMILES string of the molecule is CC1CN(C2CCOC3(CCC3)C2)CC(C)N1. The van der Waals surface area contributed by atoms with Gasteiger partial charge in [0.1, 0.15) is 0 Å². The molecule has 98 valence electrons. The normalized spacial score (nSPS) is 42.4. The summed E-state index contributed by atoms with van der Waals surface area (Å²) in [7, 11) is 0. The fourth-order valence-electron chi connectivity index (χ4n) is 3.90. The number of hydrogen-bond donors (Lipinski definition) is 1. The molecule has 3 nitrogen and oxygen atoms in total. The van der Waals surface area contributed by atoms with Crippen LogP contribution in [-0.4, -0.2) is 48.3 Å². The molecule has 17 heavy (non-hydrogen) atoms. The Morgan fingerprint density at radius 2 is 1.88 bits per heavy atom. The maximum absolute atomic E-state index is 6.03. The van der Waals surface area contributed by atoms with Crippen LogP contribution in [0.15, 0.2) is 0 Å². The highest BCUT2D eigenvalue weighted by atomic mass is 16.5. The molecule has 3 fully saturated rings. The summed E-state index contributed by atoms with van der Waals surface area (Å²) in [4.78, 5) is 2.72. The topological polar surface area (TPSA) is 24.5 Å². The molecule has 2 heterocycles. The average molecular weight is 238 g/mol. The van der Waals surface area contributed by atoms with Crippen LogP contribution in [0.5, 0.6) is 0 Å². The van der Waals surface area contributed by atoms with Crippen molar-refractivity contribution in [2.45, 2.75) is 69.7 Å². The highest BCUT2D eigenvalue weighted by Crippen LogP contribution is 2.43. The minimum atomic E-state index is 0.292. The Kier molecular flexibility index (Phi) is 3.18. The van der Waals surface area contributed by atoms with E-state index in [9.17, 15) is 0 Å². The van der Waals surface area contributed by atoms with Gasteiger partial charge in [-0.3, -0.25) is 4.90 Å². The zero-order valence-corrected chi connectivity index (χ0v) is 11.2. The van der Waals surface area contributed by atoms with E-state index in [1.54, 1.807) is 0 Å². The molecule has 1 saturated carbocycles. The van der Waals surface area contributed by atoms with Gasteiger partial charge in [-0.05, 0) is 46.0 Å². The van der Waals surface area contributed by atoms with Crippen LogP contribution in [0.4, 0.5) is 0 Å². The first-order valence-corrected chi connectivity index (χ1v) is 7.31. The Morgan fingerprint density at radius 1 is 1.18 bits per heavy atom. The molecule has 0 aromatic carbocycles. The number of nitrogens with zero attached hydrogens (tertiary/aromatic N) is 1. The zero-order chi connectivity index (χ0) is 11.9. The molecule has 0 radical (unpaired) electrons. The van der Waals surface area contributed by atoms with Crippen LogP contribution in [0.1, 0.15) is 46.0 Å². The van der Waals surface area contributed by atoms with E-state index in [0.29, 0.717) is 17.7 Å². The van der Waals surface area contributed by atoms with Crippen LogP contribution >= 0.6 is 0 Å². The first kappa shape index (κ1) is 11.9. The number of hydrogen-bond acceptors (Lipinski definition) is 3. The van der Waals surface area contributed by atoms with Gasteiger partial charge >= 0.3 is 0 Å². The van der Waals surface area contributed by atoms with Gasteiger partial charge in [0.05, 0.1) is 5.60 Å². The molecule has 0 bridgehead atoms. The lowest BCUT2D eigenvalue weighted by atomic mass is 9.73. The minimum Gasteiger partial charge on any atom is -0.375 e. The second kappa shape index (κ2) is 4.52. The molecule has 1 N–H and O–H groups in total. The summed E-state index contributed by atoms with van der Waals surface area (Å²) in [5.74, 6) is 0. The summed E-state index contributed by atoms with van der Waals surface area (Å²) < 4.78 is 6.03. The van der Waals surface area contributed by atoms with Crippen molar-refractivity contribution in [3.63, 3.8) is 0 Å². The quantitative estimate of drug-likeness (QED) is 0.753. The molecule has 3 aliphatic rings. The molecule has 1 spiro atoms. The summed E-state index contributed by atoms with van der Waals surface area (Å²) in [6.45, 7) is 8.02. The van der Waals surface area contributed by atoms with Gasteiger partial charge in [-0.2, -0.15) is 0 Å². The highest BCUT2D eigenvalue weighted by molar-refractivity contribution is 4.98. The van der Waals surface area contributed by atoms with Crippen molar-refractivity contribution >= 4 is 0 Å². The molecule has 2 saturated heterocycles. The fourth-order valence-corrected chi connectivity index (χ4v) is 3.90. The monoisotopic (exact) mass is 238 g/mol. The fraction of sp³-hybridized carbons (Fsp3) is 1.00. The Hall–Kier alpha value is -0.120. The average Bonchev–Trinajstić information content (AvgIpc) is 2.26. The Labute approximate surface area is 105 Å². The molecule has 3 rings (SSSR count). The van der Waals surface area contributed by atoms with E-state index in [4.69, 9.17) is 4.74 Å². The predicted molar refractivity (Wildman–Crippen MR) is 69.2 cm³/mol. The van der Waals surface area contributed by atoms with Crippen LogP contribution in [-0.2, 0) is 4.74 Å². The van der Waals surface area contributed by atoms with Gasteiger partial charge in [0.25, 0.3) is 0 Å². The predicted octanol–water partition coefficient (Wildman–Crippen LogP) is 1.77. The van der Waals surface area contributed by atoms with Crippen LogP contribution in [0.3, 0.4) is 0 Å². The zero-order valence-electron chi connectivity index (χ0n) is 11.2. The van der Waals surface area contributed by atoms with Crippen molar-refractivity contribution in [3.8, 4) is 0 Å². The van der Waals surface area contributed by atoms with Crippen molar-refractivity contribution in [2.75, 3.05) is 19.7 Å². The van der Waals surface area contributed by atoms with E-state index >= 15 is 0 Å². The van der Waals surface area contributed by atoms with Crippen LogP contribution in [0.2, 0.25) is 0 Å². The molecular weight excluding hydrogens is 212 g/mol. The lowest BCUT2D eigenvalue weighted by Crippen LogP contribution is -2.60. The number of nitrogens with one attached hydrogen (secondary N) is 1. The van der Waals surface area contributed by atoms with E-state index in [1.807, 2.05) is 0 Å². The van der Waals surface area contributed by atoms with Crippen molar-refractivity contribution in [2.24, 2.45) is 0 Å². The maximum Gasteiger partial charge on any atom is 0.0697 e. The molecule has 3 unspecified atom stereocenters. The number of ether oxygens (including phenoxy) is 1. The number of rotatable bonds is 1. The van der Waals surface area contributed by atoms with E-state index in [0.717, 1.165) is 12.6 Å². The second-order valence-corrected chi connectivity index (χ2v) is 6.45. The largest absolute Gasteiger partial charge is 0.375 e. The first-order chi connectivity index (χ1) is 8.17. The highest BCUT2D eigenvalue weighted by Gasteiger charge is 2.44. The third-order valence-corrected chi connectivity index (χ3v) is 4.83. The van der Waals surface area contributed by atoms with E-state index < -0.39 is 0 Å². The summed E-state index contributed by atoms with van der Waals surface area (Å²) >= 11 is 0. The van der Waals surface area contributed by atoms with Crippen molar-refractivity contribution in [3.05, 3.63) is 0 Å². The van der Waals surface area contributed by atoms with Gasteiger partial charge in [-0.1, -0.05) is 0 Å². The van der Waals surface area contributed by atoms with E-state index in [2.05, 4.69) is 24.1 Å². The van der Waals surface area contributed by atoms with E-state index in [-0.39, 0.29) is 0 Å². The van der Waals surface area contributed by atoms with Gasteiger partial charge in [-0.25, -0.2) is 0 Å². The molecule has 0 aromatic heterocycles. The molecule has 0 amide bonds. The van der Waals surface area contributed by atoms with Gasteiger partial charge in [0, 0.05) is 37.8 Å². The third-order valence-electron chi connectivity index (χ3n) is 4.83. The van der Waals surface area contributed by atoms with Crippen molar-refractivity contribution < 1.29 is 4.74 Å². The maximum atomic E-state index is 6.03. The standard InChI is InChI=1S/C14H26N2O/c1-11-9-16(10-12(2)15-11)13-4-7-17-14(8-13)5-3-6-14/h11-13,15H,3-10H2,1-2H3. The number of piperazine rings is 1. The summed E-state index contributed by atoms with van der Waals surface area (Å²) in [6.07, 6.45) is 6.51. The second-order valence-electron chi connectivity index (χ2n) is 6.45. The van der Waals surface area contributed by atoms with Crippen LogP contribution in [0, 0.1) is 0 Å². The summed E-state index contributed by atoms with van der Waals surface area (Å²) in [6, 6.07) is 2.05. The Balaban J connectivity index is 1.63. The smallest absolute Gasteiger partial charge is 0.0697 e. The molecular formula is C14H26N2O. The van der Waals surface area contributed by atoms with Gasteiger partial charge < -0.3 is 10.1 Å². The summed E-state index contributed by atoms with van der Waals surface area (Å²) in [5.41, 5.74) is 0.292. The van der Waals surface area contributed by atoms with Gasteiger partial charge in [-0.15, -0.1) is 0 Å². The van der Waals surface area contributed by atoms with Crippen molar-refractivity contribution in [1.82, 2.24) is 10.2 Å². The van der Waals surface area contributed by atoms with E-state index in [1.165, 1.54) is 45.2 Å². The van der Waals surface area contributed by atoms with Crippen LogP contribution < -0.4 is 5.32 Å². The Bertz CT molecular complexity index is 267. The first-order valence-electron chi connectivity index (χ1n) is 7.31. The lowest BCUT2D eigenvalue weighted by Gasteiger charge is -2.51. The molecule has 1 aliphatic carbocycles. The molecule has 0 aromatic rings. The molecule has 2 aliphatic heterocycles. The minimum absolute atomic E-state index is 0.292. The van der Waals surface area contributed by atoms with Crippen molar-refractivity contribution in [1.29, 1.82) is 0 Å². The molecule has 3 atom stereocenters. The summed E-state index contributed by atoms with van der Waals surface area (Å²) in [5, 5.41) is 3.62. The van der Waals surface area contributed by atoms with Crippen LogP contribution in [0.25, 0.3) is 0 Å². The van der Waals surface area contributed by atoms with Gasteiger partial charge in [0.15, 0.2) is 0 Å². The van der Waals surface area contributed by atoms with Gasteiger partial charge in [0.2, 0.25) is 0 Å². The molecule has 3 heteroatoms.